The van der Waals surface area contributed by atoms with E-state index in [0.29, 0.717) is 11.2 Å². The zero-order valence-electron chi connectivity index (χ0n) is 12.2. The first kappa shape index (κ1) is 15.5. The molecule has 6 heteroatoms. The number of nitrogens with two attached hydrogens (primary N) is 1. The molecule has 5 nitrogen and oxygen atoms in total. The van der Waals surface area contributed by atoms with Crippen molar-refractivity contribution in [3.63, 3.8) is 0 Å². The summed E-state index contributed by atoms with van der Waals surface area (Å²) in [6.45, 7) is 5.57. The fourth-order valence-electron chi connectivity index (χ4n) is 3.31. The van der Waals surface area contributed by atoms with E-state index in [1.807, 2.05) is 0 Å². The highest BCUT2D eigenvalue weighted by Gasteiger charge is 2.34. The molecule has 0 spiro atoms. The highest BCUT2D eigenvalue weighted by atomic mass is 79.9. The van der Waals surface area contributed by atoms with Crippen LogP contribution in [0.25, 0.3) is 0 Å². The van der Waals surface area contributed by atoms with E-state index in [2.05, 4.69) is 50.5 Å². The summed E-state index contributed by atoms with van der Waals surface area (Å²) in [6.07, 6.45) is 8.09. The number of hydrogen-bond donors (Lipinski definition) is 3. The molecule has 1 aliphatic carbocycles. The van der Waals surface area contributed by atoms with E-state index in [9.17, 15) is 0 Å². The number of halogens is 1. The average Bonchev–Trinajstić information content (AvgIpc) is 2.85. The molecule has 0 radical (unpaired) electrons. The Morgan fingerprint density at radius 1 is 1.30 bits per heavy atom. The SMILES string of the molecule is CC(C)CC1(CNc2ncnc(NN)c2Br)CCCC1. The Bertz CT molecular complexity index is 443. The molecular formula is C14H24BrN5. The molecule has 1 fully saturated rings. The van der Waals surface area contributed by atoms with Gasteiger partial charge < -0.3 is 10.7 Å². The van der Waals surface area contributed by atoms with Gasteiger partial charge in [-0.3, -0.25) is 0 Å². The lowest BCUT2D eigenvalue weighted by molar-refractivity contribution is 0.252. The molecule has 0 saturated heterocycles. The second-order valence-electron chi connectivity index (χ2n) is 6.19. The van der Waals surface area contributed by atoms with Crippen molar-refractivity contribution < 1.29 is 0 Å². The standard InChI is InChI=1S/C14H24BrN5/c1-10(2)7-14(5-3-4-6-14)8-17-12-11(15)13(20-16)19-9-18-12/h9-10H,3-8,16H2,1-2H3,(H2,17,18,19,20). The molecule has 1 heterocycles. The van der Waals surface area contributed by atoms with Gasteiger partial charge in [0, 0.05) is 6.54 Å². The highest BCUT2D eigenvalue weighted by molar-refractivity contribution is 9.10. The molecule has 112 valence electrons. The van der Waals surface area contributed by atoms with Crippen molar-refractivity contribution in [3.05, 3.63) is 10.8 Å². The quantitative estimate of drug-likeness (QED) is 0.545. The molecule has 0 bridgehead atoms. The Morgan fingerprint density at radius 3 is 2.55 bits per heavy atom. The summed E-state index contributed by atoms with van der Waals surface area (Å²) in [5.41, 5.74) is 2.98. The Hall–Kier alpha value is -0.880. The third-order valence-electron chi connectivity index (χ3n) is 4.06. The van der Waals surface area contributed by atoms with E-state index in [4.69, 9.17) is 5.84 Å². The fourth-order valence-corrected chi connectivity index (χ4v) is 3.77. The summed E-state index contributed by atoms with van der Waals surface area (Å²) in [7, 11) is 0. The lowest BCUT2D eigenvalue weighted by Gasteiger charge is -2.31. The van der Waals surface area contributed by atoms with Crippen molar-refractivity contribution >= 4 is 27.6 Å². The number of aromatic nitrogens is 2. The summed E-state index contributed by atoms with van der Waals surface area (Å²) >= 11 is 3.49. The molecule has 0 unspecified atom stereocenters. The second-order valence-corrected chi connectivity index (χ2v) is 6.98. The van der Waals surface area contributed by atoms with Gasteiger partial charge in [0.15, 0.2) is 5.82 Å². The van der Waals surface area contributed by atoms with Gasteiger partial charge in [-0.15, -0.1) is 0 Å². The Labute approximate surface area is 129 Å². The van der Waals surface area contributed by atoms with Crippen molar-refractivity contribution in [2.45, 2.75) is 46.0 Å². The second kappa shape index (κ2) is 6.72. The zero-order chi connectivity index (χ0) is 14.6. The van der Waals surface area contributed by atoms with Crippen LogP contribution in [0.15, 0.2) is 10.8 Å². The van der Waals surface area contributed by atoms with Crippen molar-refractivity contribution in [1.82, 2.24) is 9.97 Å². The third-order valence-corrected chi connectivity index (χ3v) is 4.81. The van der Waals surface area contributed by atoms with Crippen LogP contribution >= 0.6 is 15.9 Å². The van der Waals surface area contributed by atoms with Gasteiger partial charge in [0.1, 0.15) is 16.6 Å². The maximum atomic E-state index is 5.43. The Kier molecular flexibility index (Phi) is 5.21. The summed E-state index contributed by atoms with van der Waals surface area (Å²) in [6, 6.07) is 0. The number of hydrazine groups is 1. The van der Waals surface area contributed by atoms with Gasteiger partial charge in [0.25, 0.3) is 0 Å². The molecule has 1 saturated carbocycles. The minimum absolute atomic E-state index is 0.412. The molecule has 0 amide bonds. The lowest BCUT2D eigenvalue weighted by Crippen LogP contribution is -2.29. The zero-order valence-corrected chi connectivity index (χ0v) is 13.8. The van der Waals surface area contributed by atoms with Crippen LogP contribution in [0.3, 0.4) is 0 Å². The summed E-state index contributed by atoms with van der Waals surface area (Å²) in [5.74, 6) is 7.57. The summed E-state index contributed by atoms with van der Waals surface area (Å²) in [5, 5.41) is 3.48. The maximum Gasteiger partial charge on any atom is 0.159 e. The number of hydrogen-bond acceptors (Lipinski definition) is 5. The van der Waals surface area contributed by atoms with Crippen LogP contribution in [0.5, 0.6) is 0 Å². The van der Waals surface area contributed by atoms with Crippen molar-refractivity contribution in [2.75, 3.05) is 17.3 Å². The van der Waals surface area contributed by atoms with Crippen molar-refractivity contribution in [2.24, 2.45) is 17.2 Å². The van der Waals surface area contributed by atoms with Gasteiger partial charge in [0.05, 0.1) is 0 Å². The number of rotatable bonds is 6. The minimum Gasteiger partial charge on any atom is -0.368 e. The van der Waals surface area contributed by atoms with Gasteiger partial charge in [-0.05, 0) is 46.5 Å². The van der Waals surface area contributed by atoms with Crippen LogP contribution < -0.4 is 16.6 Å². The summed E-state index contributed by atoms with van der Waals surface area (Å²) in [4.78, 5) is 8.36. The van der Waals surface area contributed by atoms with Crippen molar-refractivity contribution in [3.8, 4) is 0 Å². The highest BCUT2D eigenvalue weighted by Crippen LogP contribution is 2.43. The molecule has 0 aromatic carbocycles. The number of nitrogen functional groups attached to an aromatic ring is 1. The van der Waals surface area contributed by atoms with Crippen LogP contribution in [-0.2, 0) is 0 Å². The van der Waals surface area contributed by atoms with E-state index in [1.54, 1.807) is 0 Å². The predicted molar refractivity (Wildman–Crippen MR) is 86.4 cm³/mol. The van der Waals surface area contributed by atoms with E-state index >= 15 is 0 Å². The molecule has 1 aliphatic rings. The van der Waals surface area contributed by atoms with Gasteiger partial charge in [-0.1, -0.05) is 26.7 Å². The summed E-state index contributed by atoms with van der Waals surface area (Å²) < 4.78 is 0.792. The predicted octanol–water partition coefficient (Wildman–Crippen LogP) is 3.54. The van der Waals surface area contributed by atoms with E-state index < -0.39 is 0 Å². The topological polar surface area (TPSA) is 75.9 Å². The van der Waals surface area contributed by atoms with Crippen molar-refractivity contribution in [1.29, 1.82) is 0 Å². The number of nitrogens with one attached hydrogen (secondary N) is 2. The minimum atomic E-state index is 0.412. The Balaban J connectivity index is 2.06. The molecule has 2 rings (SSSR count). The normalized spacial score (nSPS) is 17.4. The van der Waals surface area contributed by atoms with Gasteiger partial charge in [-0.25, -0.2) is 15.8 Å². The van der Waals surface area contributed by atoms with E-state index in [1.165, 1.54) is 38.4 Å². The first-order valence-corrected chi connectivity index (χ1v) is 8.06. The fraction of sp³-hybridized carbons (Fsp3) is 0.714. The van der Waals surface area contributed by atoms with Gasteiger partial charge >= 0.3 is 0 Å². The third kappa shape index (κ3) is 3.61. The monoisotopic (exact) mass is 341 g/mol. The molecule has 0 aliphatic heterocycles. The molecular weight excluding hydrogens is 318 g/mol. The maximum absolute atomic E-state index is 5.43. The molecule has 1 aromatic heterocycles. The van der Waals surface area contributed by atoms with E-state index in [-0.39, 0.29) is 0 Å². The first-order chi connectivity index (χ1) is 9.56. The molecule has 20 heavy (non-hydrogen) atoms. The van der Waals surface area contributed by atoms with Gasteiger partial charge in [-0.2, -0.15) is 0 Å². The van der Waals surface area contributed by atoms with Crippen LogP contribution in [-0.4, -0.2) is 16.5 Å². The average molecular weight is 342 g/mol. The largest absolute Gasteiger partial charge is 0.368 e. The first-order valence-electron chi connectivity index (χ1n) is 7.27. The Morgan fingerprint density at radius 2 is 1.95 bits per heavy atom. The van der Waals surface area contributed by atoms with Crippen LogP contribution in [0.2, 0.25) is 0 Å². The van der Waals surface area contributed by atoms with Crippen LogP contribution in [0, 0.1) is 11.3 Å². The lowest BCUT2D eigenvalue weighted by atomic mass is 9.78. The smallest absolute Gasteiger partial charge is 0.159 e. The molecule has 4 N–H and O–H groups in total. The van der Waals surface area contributed by atoms with Gasteiger partial charge in [0.2, 0.25) is 0 Å². The molecule has 1 aromatic rings. The molecule has 0 atom stereocenters. The van der Waals surface area contributed by atoms with Crippen LogP contribution in [0.4, 0.5) is 11.6 Å². The number of anilines is 2. The van der Waals surface area contributed by atoms with E-state index in [0.717, 1.165) is 22.8 Å². The van der Waals surface area contributed by atoms with Crippen LogP contribution in [0.1, 0.15) is 46.0 Å². The number of nitrogens with zero attached hydrogens (tertiary/aromatic N) is 2.